The van der Waals surface area contributed by atoms with Crippen LogP contribution in [0.5, 0.6) is 0 Å². The lowest BCUT2D eigenvalue weighted by Crippen LogP contribution is -2.50. The third-order valence-electron chi connectivity index (χ3n) is 2.84. The summed E-state index contributed by atoms with van der Waals surface area (Å²) < 4.78 is 9.89. The number of methoxy groups -OCH3 is 1. The monoisotopic (exact) mass is 257 g/mol. The maximum absolute atomic E-state index is 12.0. The summed E-state index contributed by atoms with van der Waals surface area (Å²) in [5.74, 6) is -1.16. The molecule has 0 radical (unpaired) electrons. The zero-order valence-corrected chi connectivity index (χ0v) is 11.6. The molecule has 0 bridgehead atoms. The van der Waals surface area contributed by atoms with E-state index in [1.54, 1.807) is 20.8 Å². The van der Waals surface area contributed by atoms with Gasteiger partial charge in [0.2, 0.25) is 6.04 Å². The normalized spacial score (nSPS) is 18.4. The van der Waals surface area contributed by atoms with E-state index >= 15 is 0 Å². The van der Waals surface area contributed by atoms with Crippen LogP contribution in [0.1, 0.15) is 46.5 Å². The average Bonchev–Trinajstić information content (AvgIpc) is 2.75. The Morgan fingerprint density at radius 3 is 2.17 bits per heavy atom. The molecule has 0 heterocycles. The predicted octanol–water partition coefficient (Wildman–Crippen LogP) is 1.40. The number of hydrogen-bond acceptors (Lipinski definition) is 5. The average molecular weight is 257 g/mol. The number of ether oxygens (including phenoxy) is 2. The van der Waals surface area contributed by atoms with Crippen molar-refractivity contribution in [1.29, 1.82) is 0 Å². The first kappa shape index (κ1) is 15.0. The second kappa shape index (κ2) is 6.18. The van der Waals surface area contributed by atoms with Crippen LogP contribution in [0.25, 0.3) is 0 Å². The molecule has 1 atom stereocenters. The fraction of sp³-hybridized carbons (Fsp3) is 0.846. The maximum atomic E-state index is 12.0. The van der Waals surface area contributed by atoms with Gasteiger partial charge in [-0.05, 0) is 33.6 Å². The molecule has 1 N–H and O–H groups in total. The van der Waals surface area contributed by atoms with Crippen LogP contribution in [0.2, 0.25) is 0 Å². The number of hydrogen-bond donors (Lipinski definition) is 1. The maximum Gasteiger partial charge on any atom is 0.335 e. The lowest BCUT2D eigenvalue weighted by Gasteiger charge is -2.25. The summed E-state index contributed by atoms with van der Waals surface area (Å²) in [6.07, 6.45) is 4.21. The zero-order valence-electron chi connectivity index (χ0n) is 11.6. The molecule has 104 valence electrons. The van der Waals surface area contributed by atoms with E-state index in [9.17, 15) is 9.59 Å². The van der Waals surface area contributed by atoms with Crippen molar-refractivity contribution in [2.45, 2.75) is 64.1 Å². The van der Waals surface area contributed by atoms with Crippen LogP contribution in [0, 0.1) is 0 Å². The summed E-state index contributed by atoms with van der Waals surface area (Å²) in [6.45, 7) is 5.32. The van der Waals surface area contributed by atoms with Gasteiger partial charge in [-0.1, -0.05) is 12.8 Å². The molecule has 0 amide bonds. The molecule has 1 rings (SSSR count). The highest BCUT2D eigenvalue weighted by Crippen LogP contribution is 2.19. The topological polar surface area (TPSA) is 64.6 Å². The van der Waals surface area contributed by atoms with Gasteiger partial charge in [-0.15, -0.1) is 0 Å². The third kappa shape index (κ3) is 4.64. The zero-order chi connectivity index (χ0) is 13.8. The van der Waals surface area contributed by atoms with E-state index in [-0.39, 0.29) is 6.04 Å². The number of esters is 2. The van der Waals surface area contributed by atoms with E-state index in [1.807, 2.05) is 0 Å². The molecule has 18 heavy (non-hydrogen) atoms. The number of nitrogens with one attached hydrogen (secondary N) is 1. The minimum atomic E-state index is -1.02. The Hall–Kier alpha value is -1.10. The molecule has 1 aliphatic rings. The first-order chi connectivity index (χ1) is 8.33. The number of rotatable bonds is 4. The van der Waals surface area contributed by atoms with Gasteiger partial charge in [0.25, 0.3) is 0 Å². The Kier molecular flexibility index (Phi) is 5.14. The molecule has 1 fully saturated rings. The van der Waals surface area contributed by atoms with E-state index in [0.717, 1.165) is 25.7 Å². The quantitative estimate of drug-likeness (QED) is 0.609. The summed E-state index contributed by atoms with van der Waals surface area (Å²) in [5.41, 5.74) is -0.610. The van der Waals surface area contributed by atoms with Gasteiger partial charge >= 0.3 is 11.9 Å². The van der Waals surface area contributed by atoms with E-state index in [2.05, 4.69) is 10.1 Å². The molecular weight excluding hydrogens is 234 g/mol. The van der Waals surface area contributed by atoms with Crippen molar-refractivity contribution in [2.75, 3.05) is 7.11 Å². The summed E-state index contributed by atoms with van der Waals surface area (Å²) >= 11 is 0. The van der Waals surface area contributed by atoms with Crippen molar-refractivity contribution in [1.82, 2.24) is 5.32 Å². The Bertz CT molecular complexity index is 303. The third-order valence-corrected chi connectivity index (χ3v) is 2.84. The number of carbonyl (C=O) groups excluding carboxylic acids is 2. The van der Waals surface area contributed by atoms with E-state index in [1.165, 1.54) is 7.11 Å². The fourth-order valence-electron chi connectivity index (χ4n) is 2.04. The SMILES string of the molecule is COC(=O)C(NC1CCCC1)C(=O)OC(C)(C)C. The largest absolute Gasteiger partial charge is 0.467 e. The summed E-state index contributed by atoms with van der Waals surface area (Å²) in [6, 6.07) is -0.820. The van der Waals surface area contributed by atoms with Crippen molar-refractivity contribution in [3.63, 3.8) is 0 Å². The molecule has 0 aliphatic heterocycles. The van der Waals surface area contributed by atoms with Crippen molar-refractivity contribution in [3.8, 4) is 0 Å². The van der Waals surface area contributed by atoms with Gasteiger partial charge in [0.05, 0.1) is 7.11 Å². The highest BCUT2D eigenvalue weighted by molar-refractivity contribution is 5.99. The molecule has 1 saturated carbocycles. The molecule has 5 heteroatoms. The summed E-state index contributed by atoms with van der Waals surface area (Å²) in [7, 11) is 1.27. The van der Waals surface area contributed by atoms with E-state index in [0.29, 0.717) is 0 Å². The van der Waals surface area contributed by atoms with Gasteiger partial charge < -0.3 is 9.47 Å². The van der Waals surface area contributed by atoms with Gasteiger partial charge in [0, 0.05) is 6.04 Å². The van der Waals surface area contributed by atoms with Gasteiger partial charge in [-0.2, -0.15) is 0 Å². The van der Waals surface area contributed by atoms with Crippen molar-refractivity contribution in [2.24, 2.45) is 0 Å². The van der Waals surface area contributed by atoms with Crippen molar-refractivity contribution in [3.05, 3.63) is 0 Å². The first-order valence-corrected chi connectivity index (χ1v) is 6.40. The first-order valence-electron chi connectivity index (χ1n) is 6.40. The molecule has 0 spiro atoms. The van der Waals surface area contributed by atoms with Crippen LogP contribution in [0.15, 0.2) is 0 Å². The standard InChI is InChI=1S/C13H23NO4/c1-13(2,3)18-12(16)10(11(15)17-4)14-9-7-5-6-8-9/h9-10,14H,5-8H2,1-4H3. The summed E-state index contributed by atoms with van der Waals surface area (Å²) in [4.78, 5) is 23.6. The lowest BCUT2D eigenvalue weighted by atomic mass is 10.1. The van der Waals surface area contributed by atoms with Crippen LogP contribution in [-0.4, -0.2) is 36.7 Å². The van der Waals surface area contributed by atoms with Crippen LogP contribution in [0.3, 0.4) is 0 Å². The van der Waals surface area contributed by atoms with Crippen molar-refractivity contribution < 1.29 is 19.1 Å². The van der Waals surface area contributed by atoms with Gasteiger partial charge in [0.15, 0.2) is 0 Å². The Morgan fingerprint density at radius 2 is 1.72 bits per heavy atom. The van der Waals surface area contributed by atoms with Gasteiger partial charge in [-0.25, -0.2) is 9.59 Å². The van der Waals surface area contributed by atoms with Crippen molar-refractivity contribution >= 4 is 11.9 Å². The molecule has 0 aromatic heterocycles. The molecule has 0 saturated heterocycles. The van der Waals surface area contributed by atoms with Gasteiger partial charge in [0.1, 0.15) is 5.60 Å². The predicted molar refractivity (Wildman–Crippen MR) is 67.0 cm³/mol. The highest BCUT2D eigenvalue weighted by atomic mass is 16.6. The smallest absolute Gasteiger partial charge is 0.335 e. The highest BCUT2D eigenvalue weighted by Gasteiger charge is 2.34. The Labute approximate surface area is 108 Å². The minimum absolute atomic E-state index is 0.196. The fourth-order valence-corrected chi connectivity index (χ4v) is 2.04. The van der Waals surface area contributed by atoms with Crippen LogP contribution in [0.4, 0.5) is 0 Å². The van der Waals surface area contributed by atoms with Crippen LogP contribution < -0.4 is 5.32 Å². The molecular formula is C13H23NO4. The number of carbonyl (C=O) groups is 2. The second-order valence-electron chi connectivity index (χ2n) is 5.64. The Morgan fingerprint density at radius 1 is 1.17 bits per heavy atom. The van der Waals surface area contributed by atoms with E-state index < -0.39 is 23.6 Å². The molecule has 1 unspecified atom stereocenters. The Balaban J connectivity index is 2.65. The van der Waals surface area contributed by atoms with Crippen LogP contribution >= 0.6 is 0 Å². The molecule has 5 nitrogen and oxygen atoms in total. The molecule has 1 aliphatic carbocycles. The lowest BCUT2D eigenvalue weighted by molar-refractivity contribution is -0.164. The molecule has 0 aromatic rings. The molecule has 0 aromatic carbocycles. The van der Waals surface area contributed by atoms with E-state index in [4.69, 9.17) is 4.74 Å². The summed E-state index contributed by atoms with van der Waals surface area (Å²) in [5, 5.41) is 3.04. The van der Waals surface area contributed by atoms with Gasteiger partial charge in [-0.3, -0.25) is 5.32 Å². The minimum Gasteiger partial charge on any atom is -0.467 e. The second-order valence-corrected chi connectivity index (χ2v) is 5.64. The van der Waals surface area contributed by atoms with Crippen LogP contribution in [-0.2, 0) is 19.1 Å².